The molecule has 1 amide bonds. The van der Waals surface area contributed by atoms with E-state index in [-0.39, 0.29) is 18.5 Å². The largest absolute Gasteiger partial charge is 0.483 e. The molecular formula is C29H25NO4. The van der Waals surface area contributed by atoms with E-state index in [4.69, 9.17) is 9.47 Å². The molecule has 0 N–H and O–H groups in total. The van der Waals surface area contributed by atoms with E-state index < -0.39 is 0 Å². The maximum atomic E-state index is 13.6. The van der Waals surface area contributed by atoms with E-state index in [9.17, 15) is 9.59 Å². The third kappa shape index (κ3) is 4.01. The number of rotatable bonds is 4. The number of amides is 1. The summed E-state index contributed by atoms with van der Waals surface area (Å²) < 4.78 is 11.6. The number of anilines is 2. The number of fused-ring (bicyclic) bond motifs is 3. The topological polar surface area (TPSA) is 55.8 Å². The van der Waals surface area contributed by atoms with Crippen LogP contribution in [0.5, 0.6) is 11.5 Å². The molecule has 0 radical (unpaired) electrons. The summed E-state index contributed by atoms with van der Waals surface area (Å²) in [7, 11) is 0. The summed E-state index contributed by atoms with van der Waals surface area (Å²) in [6, 6.07) is 25.4. The van der Waals surface area contributed by atoms with E-state index >= 15 is 0 Å². The van der Waals surface area contributed by atoms with Crippen LogP contribution in [0.3, 0.4) is 0 Å². The van der Waals surface area contributed by atoms with Gasteiger partial charge in [0, 0.05) is 17.7 Å². The first-order chi connectivity index (χ1) is 16.5. The van der Waals surface area contributed by atoms with Crippen LogP contribution in [0.2, 0.25) is 0 Å². The molecule has 0 aliphatic carbocycles. The van der Waals surface area contributed by atoms with Gasteiger partial charge >= 0.3 is 5.97 Å². The van der Waals surface area contributed by atoms with E-state index in [0.717, 1.165) is 51.7 Å². The van der Waals surface area contributed by atoms with Gasteiger partial charge in [-0.3, -0.25) is 14.5 Å². The molecule has 1 heterocycles. The van der Waals surface area contributed by atoms with Crippen LogP contribution in [0, 0.1) is 6.92 Å². The number of hydrogen-bond acceptors (Lipinski definition) is 4. The van der Waals surface area contributed by atoms with E-state index in [0.29, 0.717) is 11.5 Å². The van der Waals surface area contributed by atoms with E-state index in [1.165, 1.54) is 6.92 Å². The highest BCUT2D eigenvalue weighted by molar-refractivity contribution is 6.03. The SMILES string of the molecule is CC(=O)Oc1c(C)cc(OCC(=O)N2c3ccccc3CCc3ccccc32)c2ccccc12. The number of carbonyl (C=O) groups is 2. The molecule has 34 heavy (non-hydrogen) atoms. The summed E-state index contributed by atoms with van der Waals surface area (Å²) in [4.78, 5) is 27.0. The second-order valence-corrected chi connectivity index (χ2v) is 8.44. The Kier molecular flexibility index (Phi) is 5.76. The Morgan fingerprint density at radius 2 is 1.38 bits per heavy atom. The molecule has 5 nitrogen and oxygen atoms in total. The minimum absolute atomic E-state index is 0.126. The number of ether oxygens (including phenoxy) is 2. The van der Waals surface area contributed by atoms with Crippen molar-refractivity contribution >= 4 is 34.0 Å². The van der Waals surface area contributed by atoms with Gasteiger partial charge in [-0.1, -0.05) is 60.7 Å². The molecule has 0 atom stereocenters. The molecule has 0 saturated carbocycles. The number of aryl methyl sites for hydroxylation is 3. The summed E-state index contributed by atoms with van der Waals surface area (Å²) >= 11 is 0. The Bertz CT molecular complexity index is 1360. The smallest absolute Gasteiger partial charge is 0.308 e. The van der Waals surface area contributed by atoms with Crippen LogP contribution in [0.4, 0.5) is 11.4 Å². The summed E-state index contributed by atoms with van der Waals surface area (Å²) in [6.07, 6.45) is 1.75. The first-order valence-corrected chi connectivity index (χ1v) is 11.4. The number of para-hydroxylation sites is 2. The second-order valence-electron chi connectivity index (χ2n) is 8.44. The standard InChI is InChI=1S/C29H25NO4/c1-19-17-27(23-11-5-6-12-24(23)29(19)34-20(2)31)33-18-28(32)30-25-13-7-3-9-21(25)15-16-22-10-4-8-14-26(22)30/h3-14,17H,15-16,18H2,1-2H3. The van der Waals surface area contributed by atoms with Crippen molar-refractivity contribution in [1.29, 1.82) is 0 Å². The average Bonchev–Trinajstić information content (AvgIpc) is 3.01. The molecule has 5 rings (SSSR count). The van der Waals surface area contributed by atoms with E-state index in [1.54, 1.807) is 4.90 Å². The van der Waals surface area contributed by atoms with E-state index in [1.807, 2.05) is 73.7 Å². The first kappa shape index (κ1) is 21.7. The number of hydrogen-bond donors (Lipinski definition) is 0. The molecule has 0 spiro atoms. The van der Waals surface area contributed by atoms with Gasteiger partial charge in [-0.05, 0) is 54.7 Å². The van der Waals surface area contributed by atoms with Crippen molar-refractivity contribution in [2.24, 2.45) is 0 Å². The van der Waals surface area contributed by atoms with Gasteiger partial charge in [0.25, 0.3) is 5.91 Å². The average molecular weight is 452 g/mol. The maximum absolute atomic E-state index is 13.6. The minimum Gasteiger partial charge on any atom is -0.483 e. The molecule has 0 saturated heterocycles. The van der Waals surface area contributed by atoms with Gasteiger partial charge in [0.2, 0.25) is 0 Å². The lowest BCUT2D eigenvalue weighted by Crippen LogP contribution is -2.31. The van der Waals surface area contributed by atoms with Crippen molar-refractivity contribution in [3.05, 3.63) is 95.6 Å². The normalized spacial score (nSPS) is 12.5. The molecule has 1 aliphatic heterocycles. The molecule has 0 aromatic heterocycles. The molecule has 0 fully saturated rings. The molecule has 0 unspecified atom stereocenters. The van der Waals surface area contributed by atoms with Gasteiger partial charge in [-0.15, -0.1) is 0 Å². The quantitative estimate of drug-likeness (QED) is 0.286. The lowest BCUT2D eigenvalue weighted by Gasteiger charge is -2.25. The molecule has 4 aromatic carbocycles. The van der Waals surface area contributed by atoms with Gasteiger partial charge in [-0.25, -0.2) is 0 Å². The predicted molar refractivity (Wildman–Crippen MR) is 133 cm³/mol. The van der Waals surface area contributed by atoms with Gasteiger partial charge in [0.1, 0.15) is 11.5 Å². The maximum Gasteiger partial charge on any atom is 0.308 e. The lowest BCUT2D eigenvalue weighted by atomic mass is 10.0. The second kappa shape index (κ2) is 9.02. The highest BCUT2D eigenvalue weighted by atomic mass is 16.5. The van der Waals surface area contributed by atoms with Gasteiger partial charge in [0.05, 0.1) is 11.4 Å². The van der Waals surface area contributed by atoms with Crippen LogP contribution in [0.1, 0.15) is 23.6 Å². The van der Waals surface area contributed by atoms with Gasteiger partial charge < -0.3 is 9.47 Å². The lowest BCUT2D eigenvalue weighted by molar-refractivity contribution is -0.131. The van der Waals surface area contributed by atoms with Crippen molar-refractivity contribution in [1.82, 2.24) is 0 Å². The Morgan fingerprint density at radius 3 is 2.00 bits per heavy atom. The van der Waals surface area contributed by atoms with Crippen molar-refractivity contribution in [2.75, 3.05) is 11.5 Å². The number of esters is 1. The van der Waals surface area contributed by atoms with Crippen LogP contribution < -0.4 is 14.4 Å². The first-order valence-electron chi connectivity index (χ1n) is 11.4. The zero-order valence-electron chi connectivity index (χ0n) is 19.2. The fourth-order valence-electron chi connectivity index (χ4n) is 4.60. The molecule has 1 aliphatic rings. The third-order valence-electron chi connectivity index (χ3n) is 6.12. The summed E-state index contributed by atoms with van der Waals surface area (Å²) in [5.41, 5.74) is 4.83. The molecule has 5 heteroatoms. The van der Waals surface area contributed by atoms with Crippen LogP contribution in [0.15, 0.2) is 78.9 Å². The Labute approximate surface area is 198 Å². The molecular weight excluding hydrogens is 426 g/mol. The highest BCUT2D eigenvalue weighted by Gasteiger charge is 2.26. The number of carbonyl (C=O) groups excluding carboxylic acids is 2. The Balaban J connectivity index is 1.50. The van der Waals surface area contributed by atoms with Crippen molar-refractivity contribution in [2.45, 2.75) is 26.7 Å². The van der Waals surface area contributed by atoms with E-state index in [2.05, 4.69) is 12.1 Å². The molecule has 4 aromatic rings. The summed E-state index contributed by atoms with van der Waals surface area (Å²) in [6.45, 7) is 3.12. The van der Waals surface area contributed by atoms with Crippen molar-refractivity contribution in [3.63, 3.8) is 0 Å². The number of nitrogens with zero attached hydrogens (tertiary/aromatic N) is 1. The highest BCUT2D eigenvalue weighted by Crippen LogP contribution is 2.38. The van der Waals surface area contributed by atoms with Crippen LogP contribution in [0.25, 0.3) is 10.8 Å². The van der Waals surface area contributed by atoms with Crippen LogP contribution in [-0.2, 0) is 22.4 Å². The fourth-order valence-corrected chi connectivity index (χ4v) is 4.60. The van der Waals surface area contributed by atoms with Crippen molar-refractivity contribution in [3.8, 4) is 11.5 Å². The molecule has 170 valence electrons. The Hall–Kier alpha value is -4.12. The van der Waals surface area contributed by atoms with Crippen molar-refractivity contribution < 1.29 is 19.1 Å². The summed E-state index contributed by atoms with van der Waals surface area (Å²) in [5, 5.41) is 1.56. The van der Waals surface area contributed by atoms with Gasteiger partial charge in [0.15, 0.2) is 6.61 Å². The number of benzene rings is 4. The molecule has 0 bridgehead atoms. The van der Waals surface area contributed by atoms with Crippen LogP contribution in [-0.4, -0.2) is 18.5 Å². The minimum atomic E-state index is -0.379. The third-order valence-corrected chi connectivity index (χ3v) is 6.12. The monoisotopic (exact) mass is 451 g/mol. The zero-order valence-corrected chi connectivity index (χ0v) is 19.2. The fraction of sp³-hybridized carbons (Fsp3) is 0.172. The van der Waals surface area contributed by atoms with Crippen LogP contribution >= 0.6 is 0 Å². The zero-order chi connectivity index (χ0) is 23.7. The van der Waals surface area contributed by atoms with Gasteiger partial charge in [-0.2, -0.15) is 0 Å². The Morgan fingerprint density at radius 1 is 0.824 bits per heavy atom. The summed E-state index contributed by atoms with van der Waals surface area (Å²) in [5.74, 6) is 0.564. The predicted octanol–water partition coefficient (Wildman–Crippen LogP) is 5.92.